The minimum atomic E-state index is -3.74. The highest BCUT2D eigenvalue weighted by Gasteiger charge is 2.24. The molecule has 2 aromatic carbocycles. The summed E-state index contributed by atoms with van der Waals surface area (Å²) in [5.41, 5.74) is 0.873. The molecule has 0 aliphatic rings. The standard InChI is InChI=1S/C22H28N2O6S/c1-16(2)24(4)31(27,28)19-11-8-10-17(13-19)22(26)30-15-21(25)23(3)14-18-9-6-7-12-20(18)29-5/h6-13,16H,14-15H2,1-5H3. The van der Waals surface area contributed by atoms with Gasteiger partial charge in [0, 0.05) is 32.2 Å². The quantitative estimate of drug-likeness (QED) is 0.548. The summed E-state index contributed by atoms with van der Waals surface area (Å²) >= 11 is 0. The van der Waals surface area contributed by atoms with Gasteiger partial charge in [-0.3, -0.25) is 4.79 Å². The van der Waals surface area contributed by atoms with E-state index in [9.17, 15) is 18.0 Å². The van der Waals surface area contributed by atoms with Crippen molar-refractivity contribution < 1.29 is 27.5 Å². The number of rotatable bonds is 9. The number of benzene rings is 2. The first-order valence-corrected chi connectivity index (χ1v) is 11.1. The van der Waals surface area contributed by atoms with E-state index in [1.807, 2.05) is 18.2 Å². The number of carbonyl (C=O) groups is 2. The smallest absolute Gasteiger partial charge is 0.338 e. The van der Waals surface area contributed by atoms with Gasteiger partial charge in [-0.2, -0.15) is 4.31 Å². The molecule has 0 aliphatic heterocycles. The van der Waals surface area contributed by atoms with Gasteiger partial charge in [-0.25, -0.2) is 13.2 Å². The molecule has 0 aromatic heterocycles. The van der Waals surface area contributed by atoms with Crippen LogP contribution in [0.2, 0.25) is 0 Å². The Morgan fingerprint density at radius 3 is 2.35 bits per heavy atom. The third-order valence-electron chi connectivity index (χ3n) is 4.83. The molecule has 0 N–H and O–H groups in total. The number of methoxy groups -OCH3 is 1. The Morgan fingerprint density at radius 1 is 1.03 bits per heavy atom. The Morgan fingerprint density at radius 2 is 1.71 bits per heavy atom. The topological polar surface area (TPSA) is 93.2 Å². The van der Waals surface area contributed by atoms with Crippen molar-refractivity contribution in [2.75, 3.05) is 27.8 Å². The van der Waals surface area contributed by atoms with Crippen molar-refractivity contribution in [2.45, 2.75) is 31.3 Å². The van der Waals surface area contributed by atoms with Crippen LogP contribution >= 0.6 is 0 Å². The van der Waals surface area contributed by atoms with E-state index >= 15 is 0 Å². The summed E-state index contributed by atoms with van der Waals surface area (Å²) < 4.78 is 36.9. The number of carbonyl (C=O) groups excluding carboxylic acids is 2. The van der Waals surface area contributed by atoms with Crippen molar-refractivity contribution in [3.8, 4) is 5.75 Å². The molecule has 0 saturated carbocycles. The van der Waals surface area contributed by atoms with E-state index in [-0.39, 0.29) is 23.0 Å². The van der Waals surface area contributed by atoms with Crippen molar-refractivity contribution in [3.63, 3.8) is 0 Å². The zero-order valence-electron chi connectivity index (χ0n) is 18.4. The molecule has 0 spiro atoms. The van der Waals surface area contributed by atoms with Crippen LogP contribution in [0.25, 0.3) is 0 Å². The summed E-state index contributed by atoms with van der Waals surface area (Å²) in [5, 5.41) is 0. The molecule has 8 nitrogen and oxygen atoms in total. The third-order valence-corrected chi connectivity index (χ3v) is 6.86. The first-order valence-electron chi connectivity index (χ1n) is 9.69. The van der Waals surface area contributed by atoms with Crippen LogP contribution in [0.3, 0.4) is 0 Å². The number of esters is 1. The number of sulfonamides is 1. The molecule has 168 valence electrons. The zero-order chi connectivity index (χ0) is 23.2. The van der Waals surface area contributed by atoms with Crippen molar-refractivity contribution >= 4 is 21.9 Å². The molecule has 0 atom stereocenters. The highest BCUT2D eigenvalue weighted by Crippen LogP contribution is 2.20. The average Bonchev–Trinajstić information content (AvgIpc) is 2.76. The summed E-state index contributed by atoms with van der Waals surface area (Å²) in [6, 6.07) is 12.6. The Bertz CT molecular complexity index is 1040. The Balaban J connectivity index is 2.03. The molecule has 2 rings (SSSR count). The van der Waals surface area contributed by atoms with E-state index in [4.69, 9.17) is 9.47 Å². The minimum absolute atomic E-state index is 0.0160. The van der Waals surface area contributed by atoms with E-state index in [0.29, 0.717) is 5.75 Å². The van der Waals surface area contributed by atoms with Crippen LogP contribution in [-0.4, -0.2) is 63.4 Å². The molecule has 0 radical (unpaired) electrons. The lowest BCUT2D eigenvalue weighted by Crippen LogP contribution is -2.33. The van der Waals surface area contributed by atoms with E-state index in [1.165, 1.54) is 40.5 Å². The lowest BCUT2D eigenvalue weighted by molar-refractivity contribution is -0.133. The fraction of sp³-hybridized carbons (Fsp3) is 0.364. The second kappa shape index (κ2) is 10.4. The second-order valence-electron chi connectivity index (χ2n) is 7.28. The summed E-state index contributed by atoms with van der Waals surface area (Å²) in [7, 11) is 0.878. The number of hydrogen-bond donors (Lipinski definition) is 0. The first-order chi connectivity index (χ1) is 14.6. The molecule has 0 heterocycles. The van der Waals surface area contributed by atoms with Gasteiger partial charge in [-0.15, -0.1) is 0 Å². The molecule has 9 heteroatoms. The summed E-state index contributed by atoms with van der Waals surface area (Å²) in [4.78, 5) is 26.2. The molecule has 2 aromatic rings. The lowest BCUT2D eigenvalue weighted by atomic mass is 10.2. The highest BCUT2D eigenvalue weighted by molar-refractivity contribution is 7.89. The van der Waals surface area contributed by atoms with Gasteiger partial charge in [0.1, 0.15) is 5.75 Å². The van der Waals surface area contributed by atoms with Crippen molar-refractivity contribution in [2.24, 2.45) is 0 Å². The van der Waals surface area contributed by atoms with Gasteiger partial charge < -0.3 is 14.4 Å². The monoisotopic (exact) mass is 448 g/mol. The van der Waals surface area contributed by atoms with Crippen LogP contribution in [0.1, 0.15) is 29.8 Å². The van der Waals surface area contributed by atoms with Gasteiger partial charge >= 0.3 is 5.97 Å². The molecule has 1 amide bonds. The third kappa shape index (κ3) is 6.05. The first kappa shape index (κ1) is 24.4. The van der Waals surface area contributed by atoms with Crippen LogP contribution in [0.4, 0.5) is 0 Å². The van der Waals surface area contributed by atoms with E-state index in [2.05, 4.69) is 0 Å². The van der Waals surface area contributed by atoms with Gasteiger partial charge in [0.15, 0.2) is 6.61 Å². The zero-order valence-corrected chi connectivity index (χ0v) is 19.2. The van der Waals surface area contributed by atoms with Crippen LogP contribution in [0.15, 0.2) is 53.4 Å². The van der Waals surface area contributed by atoms with Crippen molar-refractivity contribution in [1.29, 1.82) is 0 Å². The average molecular weight is 449 g/mol. The van der Waals surface area contributed by atoms with Gasteiger partial charge in [-0.05, 0) is 38.1 Å². The van der Waals surface area contributed by atoms with Crippen molar-refractivity contribution in [1.82, 2.24) is 9.21 Å². The van der Waals surface area contributed by atoms with Crippen LogP contribution < -0.4 is 4.74 Å². The number of nitrogens with zero attached hydrogens (tertiary/aromatic N) is 2. The largest absolute Gasteiger partial charge is 0.496 e. The SMILES string of the molecule is COc1ccccc1CN(C)C(=O)COC(=O)c1cccc(S(=O)(=O)N(C)C(C)C)c1. The van der Waals surface area contributed by atoms with Crippen LogP contribution in [0.5, 0.6) is 5.75 Å². The predicted molar refractivity (Wildman–Crippen MR) is 116 cm³/mol. The van der Waals surface area contributed by atoms with Crippen molar-refractivity contribution in [3.05, 3.63) is 59.7 Å². The Hall–Kier alpha value is -2.91. The Labute approximate surface area is 183 Å². The number of amides is 1. The fourth-order valence-corrected chi connectivity index (χ4v) is 4.14. The molecule has 0 fully saturated rings. The number of ether oxygens (including phenoxy) is 2. The Kier molecular flexibility index (Phi) is 8.18. The van der Waals surface area contributed by atoms with Crippen LogP contribution in [-0.2, 0) is 26.1 Å². The van der Waals surface area contributed by atoms with Gasteiger partial charge in [0.25, 0.3) is 5.91 Å². The molecule has 0 unspecified atom stereocenters. The van der Waals surface area contributed by atoms with E-state index in [0.717, 1.165) is 5.56 Å². The van der Waals surface area contributed by atoms with Gasteiger partial charge in [-0.1, -0.05) is 24.3 Å². The number of para-hydroxylation sites is 1. The highest BCUT2D eigenvalue weighted by atomic mass is 32.2. The normalized spacial score (nSPS) is 11.5. The predicted octanol–water partition coefficient (Wildman–Crippen LogP) is 2.54. The lowest BCUT2D eigenvalue weighted by Gasteiger charge is -2.21. The molecular formula is C22H28N2O6S. The second-order valence-corrected chi connectivity index (χ2v) is 9.28. The fourth-order valence-electron chi connectivity index (χ4n) is 2.73. The van der Waals surface area contributed by atoms with Gasteiger partial charge in [0.2, 0.25) is 10.0 Å². The van der Waals surface area contributed by atoms with E-state index < -0.39 is 28.5 Å². The molecule has 0 bridgehead atoms. The van der Waals surface area contributed by atoms with Gasteiger partial charge in [0.05, 0.1) is 17.6 Å². The maximum atomic E-state index is 12.6. The molecular weight excluding hydrogens is 420 g/mol. The number of hydrogen-bond acceptors (Lipinski definition) is 6. The summed E-state index contributed by atoms with van der Waals surface area (Å²) in [6.45, 7) is 3.33. The van der Waals surface area contributed by atoms with Crippen LogP contribution in [0, 0.1) is 0 Å². The maximum absolute atomic E-state index is 12.6. The maximum Gasteiger partial charge on any atom is 0.338 e. The number of likely N-dealkylation sites (N-methyl/N-ethyl adjacent to an activating group) is 1. The summed E-state index contributed by atoms with van der Waals surface area (Å²) in [5.74, 6) is -0.519. The minimum Gasteiger partial charge on any atom is -0.496 e. The molecule has 0 saturated heterocycles. The molecule has 31 heavy (non-hydrogen) atoms. The molecule has 0 aliphatic carbocycles. The summed E-state index contributed by atoms with van der Waals surface area (Å²) in [6.07, 6.45) is 0. The van der Waals surface area contributed by atoms with E-state index in [1.54, 1.807) is 34.1 Å².